The van der Waals surface area contributed by atoms with Gasteiger partial charge >= 0.3 is 0 Å². The van der Waals surface area contributed by atoms with Gasteiger partial charge in [0.15, 0.2) is 21.0 Å². The minimum absolute atomic E-state index is 0.0118. The summed E-state index contributed by atoms with van der Waals surface area (Å²) in [5.74, 6) is 1.01. The highest BCUT2D eigenvalue weighted by Gasteiger charge is 2.20. The van der Waals surface area contributed by atoms with Gasteiger partial charge in [-0.05, 0) is 6.92 Å². The van der Waals surface area contributed by atoms with Gasteiger partial charge in [-0.3, -0.25) is 0 Å². The van der Waals surface area contributed by atoms with Gasteiger partial charge in [0.05, 0.1) is 18.2 Å². The number of hydrogen-bond acceptors (Lipinski definition) is 6. The first kappa shape index (κ1) is 16.0. The Hall–Kier alpha value is -1.41. The lowest BCUT2D eigenvalue weighted by atomic mass is 10.4. The Morgan fingerprint density at radius 2 is 2.14 bits per heavy atom. The summed E-state index contributed by atoms with van der Waals surface area (Å²) in [7, 11) is -1.60. The third-order valence-electron chi connectivity index (χ3n) is 3.14. The summed E-state index contributed by atoms with van der Waals surface area (Å²) < 4.78 is 30.3. The lowest BCUT2D eigenvalue weighted by molar-refractivity contribution is 0.401. The minimum Gasteiger partial charge on any atom is -0.479 e. The van der Waals surface area contributed by atoms with Crippen molar-refractivity contribution < 1.29 is 13.2 Å². The number of alkyl halides is 1. The van der Waals surface area contributed by atoms with E-state index in [1.54, 1.807) is 18.4 Å². The SMILES string of the molecule is CCS(=O)(=O)CCn1c(C(C)Cl)nc2c(OC)ncnc21. The Morgan fingerprint density at radius 3 is 2.71 bits per heavy atom. The number of sulfone groups is 1. The number of nitrogens with zero attached hydrogens (tertiary/aromatic N) is 4. The zero-order valence-corrected chi connectivity index (χ0v) is 13.6. The van der Waals surface area contributed by atoms with Crippen LogP contribution in [0.25, 0.3) is 11.2 Å². The first-order valence-electron chi connectivity index (χ1n) is 6.49. The van der Waals surface area contributed by atoms with Crippen LogP contribution < -0.4 is 4.74 Å². The van der Waals surface area contributed by atoms with Gasteiger partial charge in [-0.15, -0.1) is 11.6 Å². The van der Waals surface area contributed by atoms with Crippen molar-refractivity contribution >= 4 is 32.6 Å². The predicted octanol–water partition coefficient (Wildman–Crippen LogP) is 1.57. The monoisotopic (exact) mass is 332 g/mol. The maximum Gasteiger partial charge on any atom is 0.245 e. The molecule has 0 aliphatic heterocycles. The van der Waals surface area contributed by atoms with Gasteiger partial charge < -0.3 is 9.30 Å². The van der Waals surface area contributed by atoms with E-state index in [2.05, 4.69) is 15.0 Å². The number of halogens is 1. The summed E-state index contributed by atoms with van der Waals surface area (Å²) in [5, 5.41) is -0.381. The van der Waals surface area contributed by atoms with Crippen molar-refractivity contribution in [3.8, 4) is 5.88 Å². The smallest absolute Gasteiger partial charge is 0.245 e. The second-order valence-electron chi connectivity index (χ2n) is 4.53. The Morgan fingerprint density at radius 1 is 1.43 bits per heavy atom. The van der Waals surface area contributed by atoms with E-state index in [0.717, 1.165) is 0 Å². The van der Waals surface area contributed by atoms with Crippen LogP contribution in [0.3, 0.4) is 0 Å². The summed E-state index contributed by atoms with van der Waals surface area (Å²) in [6.07, 6.45) is 1.36. The largest absolute Gasteiger partial charge is 0.479 e. The van der Waals surface area contributed by atoms with Crippen molar-refractivity contribution in [3.63, 3.8) is 0 Å². The highest BCUT2D eigenvalue weighted by atomic mass is 35.5. The molecule has 0 aliphatic rings. The molecule has 0 aliphatic carbocycles. The van der Waals surface area contributed by atoms with Crippen LogP contribution in [0.15, 0.2) is 6.33 Å². The minimum atomic E-state index is -3.09. The Labute approximate surface area is 128 Å². The first-order chi connectivity index (χ1) is 9.89. The molecule has 2 aromatic rings. The molecule has 116 valence electrons. The number of aryl methyl sites for hydroxylation is 1. The number of fused-ring (bicyclic) bond motifs is 1. The van der Waals surface area contributed by atoms with E-state index in [4.69, 9.17) is 16.3 Å². The van der Waals surface area contributed by atoms with E-state index in [1.165, 1.54) is 13.4 Å². The van der Waals surface area contributed by atoms with E-state index >= 15 is 0 Å². The number of methoxy groups -OCH3 is 1. The van der Waals surface area contributed by atoms with Crippen LogP contribution in [0, 0.1) is 0 Å². The molecule has 0 saturated carbocycles. The van der Waals surface area contributed by atoms with Gasteiger partial charge in [0, 0.05) is 12.3 Å². The van der Waals surface area contributed by atoms with Gasteiger partial charge in [-0.2, -0.15) is 4.98 Å². The normalized spacial score (nSPS) is 13.5. The van der Waals surface area contributed by atoms with Crippen LogP contribution in [0.1, 0.15) is 25.0 Å². The lowest BCUT2D eigenvalue weighted by Gasteiger charge is -2.09. The molecule has 9 heteroatoms. The van der Waals surface area contributed by atoms with Crippen LogP contribution in [-0.4, -0.2) is 46.6 Å². The Kier molecular flexibility index (Phi) is 4.67. The Balaban J connectivity index is 2.52. The average Bonchev–Trinajstić information content (AvgIpc) is 2.84. The van der Waals surface area contributed by atoms with Crippen LogP contribution in [-0.2, 0) is 16.4 Å². The highest BCUT2D eigenvalue weighted by molar-refractivity contribution is 7.91. The van der Waals surface area contributed by atoms with E-state index in [0.29, 0.717) is 22.9 Å². The van der Waals surface area contributed by atoms with Gasteiger partial charge in [-0.25, -0.2) is 18.4 Å². The number of imidazole rings is 1. The Bertz CT molecular complexity index is 742. The molecule has 0 aromatic carbocycles. The molecule has 2 aromatic heterocycles. The van der Waals surface area contributed by atoms with Crippen LogP contribution in [0.5, 0.6) is 5.88 Å². The molecule has 21 heavy (non-hydrogen) atoms. The number of aromatic nitrogens is 4. The fourth-order valence-corrected chi connectivity index (χ4v) is 2.90. The summed E-state index contributed by atoms with van der Waals surface area (Å²) in [6.45, 7) is 3.64. The van der Waals surface area contributed by atoms with Gasteiger partial charge in [0.2, 0.25) is 5.88 Å². The molecule has 1 unspecified atom stereocenters. The summed E-state index contributed by atoms with van der Waals surface area (Å²) in [4.78, 5) is 12.6. The predicted molar refractivity (Wildman–Crippen MR) is 80.5 cm³/mol. The average molecular weight is 333 g/mol. The molecule has 2 rings (SSSR count). The van der Waals surface area contributed by atoms with Crippen molar-refractivity contribution in [3.05, 3.63) is 12.2 Å². The maximum absolute atomic E-state index is 11.7. The van der Waals surface area contributed by atoms with Crippen molar-refractivity contribution in [2.45, 2.75) is 25.8 Å². The molecule has 0 N–H and O–H groups in total. The number of rotatable bonds is 6. The molecule has 1 atom stereocenters. The maximum atomic E-state index is 11.7. The number of hydrogen-bond donors (Lipinski definition) is 0. The van der Waals surface area contributed by atoms with Crippen molar-refractivity contribution in [1.29, 1.82) is 0 Å². The van der Waals surface area contributed by atoms with Gasteiger partial charge in [0.25, 0.3) is 0 Å². The van der Waals surface area contributed by atoms with Crippen LogP contribution >= 0.6 is 11.6 Å². The zero-order valence-electron chi connectivity index (χ0n) is 12.1. The molecule has 0 spiro atoms. The van der Waals surface area contributed by atoms with Crippen LogP contribution in [0.2, 0.25) is 0 Å². The molecule has 2 heterocycles. The van der Waals surface area contributed by atoms with E-state index in [9.17, 15) is 8.42 Å². The fourth-order valence-electron chi connectivity index (χ4n) is 1.98. The quantitative estimate of drug-likeness (QED) is 0.746. The summed E-state index contributed by atoms with van der Waals surface area (Å²) in [6, 6.07) is 0. The number of ether oxygens (including phenoxy) is 1. The van der Waals surface area contributed by atoms with Crippen molar-refractivity contribution in [1.82, 2.24) is 19.5 Å². The van der Waals surface area contributed by atoms with E-state index in [-0.39, 0.29) is 23.4 Å². The first-order valence-corrected chi connectivity index (χ1v) is 8.75. The molecule has 0 amide bonds. The molecular formula is C12H17ClN4O3S. The highest BCUT2D eigenvalue weighted by Crippen LogP contribution is 2.27. The van der Waals surface area contributed by atoms with E-state index in [1.807, 2.05) is 0 Å². The van der Waals surface area contributed by atoms with Gasteiger partial charge in [0.1, 0.15) is 12.2 Å². The molecule has 0 saturated heterocycles. The lowest BCUT2D eigenvalue weighted by Crippen LogP contribution is -2.16. The molecule has 0 radical (unpaired) electrons. The topological polar surface area (TPSA) is 87.0 Å². The third-order valence-corrected chi connectivity index (χ3v) is 5.02. The fraction of sp³-hybridized carbons (Fsp3) is 0.583. The molecule has 7 nitrogen and oxygen atoms in total. The van der Waals surface area contributed by atoms with Crippen molar-refractivity contribution in [2.24, 2.45) is 0 Å². The second kappa shape index (κ2) is 6.15. The zero-order chi connectivity index (χ0) is 15.6. The van der Waals surface area contributed by atoms with Crippen molar-refractivity contribution in [2.75, 3.05) is 18.6 Å². The van der Waals surface area contributed by atoms with E-state index < -0.39 is 9.84 Å². The van der Waals surface area contributed by atoms with Gasteiger partial charge in [-0.1, -0.05) is 6.92 Å². The second-order valence-corrected chi connectivity index (χ2v) is 7.66. The summed E-state index contributed by atoms with van der Waals surface area (Å²) in [5.41, 5.74) is 1.01. The third kappa shape index (κ3) is 3.26. The standard InChI is InChI=1S/C12H17ClN4O3S/c1-4-21(18,19)6-5-17-10(8(2)13)16-9-11(17)14-7-15-12(9)20-3/h7-8H,4-6H2,1-3H3. The summed E-state index contributed by atoms with van der Waals surface area (Å²) >= 11 is 6.14. The molecule has 0 bridgehead atoms. The molecular weight excluding hydrogens is 316 g/mol. The molecule has 0 fully saturated rings. The van der Waals surface area contributed by atoms with Crippen LogP contribution in [0.4, 0.5) is 0 Å².